The maximum Gasteiger partial charge on any atom is 0.225 e. The molecule has 1 amide bonds. The van der Waals surface area contributed by atoms with Gasteiger partial charge in [-0.25, -0.2) is 9.97 Å². The highest BCUT2D eigenvalue weighted by Gasteiger charge is 2.25. The van der Waals surface area contributed by atoms with E-state index in [-0.39, 0.29) is 17.9 Å². The van der Waals surface area contributed by atoms with Crippen molar-refractivity contribution in [3.8, 4) is 0 Å². The fraction of sp³-hybridized carbons (Fsp3) is 0.667. The Hall–Kier alpha value is -1.69. The lowest BCUT2D eigenvalue weighted by molar-refractivity contribution is -0.125. The largest absolute Gasteiger partial charge is 0.351 e. The second-order valence-electron chi connectivity index (χ2n) is 5.56. The summed E-state index contributed by atoms with van der Waals surface area (Å²) < 4.78 is 0. The van der Waals surface area contributed by atoms with Crippen LogP contribution in [0.2, 0.25) is 0 Å². The molecule has 1 aliphatic rings. The molecule has 3 N–H and O–H groups in total. The maximum atomic E-state index is 12.2. The average Bonchev–Trinajstić information content (AvgIpc) is 2.53. The number of nitrogens with two attached hydrogens (primary N) is 1. The second-order valence-corrected chi connectivity index (χ2v) is 5.56. The lowest BCUT2D eigenvalue weighted by Crippen LogP contribution is -2.50. The van der Waals surface area contributed by atoms with E-state index in [9.17, 15) is 4.79 Å². The Bertz CT molecular complexity index is 439. The van der Waals surface area contributed by atoms with Crippen LogP contribution in [0, 0.1) is 5.92 Å². The van der Waals surface area contributed by atoms with Crippen molar-refractivity contribution < 1.29 is 4.79 Å². The molecule has 0 bridgehead atoms. The zero-order valence-corrected chi connectivity index (χ0v) is 12.7. The van der Waals surface area contributed by atoms with Gasteiger partial charge in [0.1, 0.15) is 0 Å². The van der Waals surface area contributed by atoms with E-state index < -0.39 is 0 Å². The van der Waals surface area contributed by atoms with Crippen molar-refractivity contribution in [3.63, 3.8) is 0 Å². The van der Waals surface area contributed by atoms with Gasteiger partial charge in [-0.15, -0.1) is 0 Å². The van der Waals surface area contributed by atoms with Crippen molar-refractivity contribution in [2.24, 2.45) is 11.7 Å². The molecule has 1 aromatic rings. The number of hydrogen-bond acceptors (Lipinski definition) is 5. The Balaban J connectivity index is 1.91. The van der Waals surface area contributed by atoms with Gasteiger partial charge in [0.15, 0.2) is 0 Å². The lowest BCUT2D eigenvalue weighted by atomic mass is 10.0. The van der Waals surface area contributed by atoms with Crippen molar-refractivity contribution >= 4 is 11.9 Å². The number of amides is 1. The molecule has 116 valence electrons. The fourth-order valence-electron chi connectivity index (χ4n) is 2.75. The van der Waals surface area contributed by atoms with Gasteiger partial charge in [0.05, 0.1) is 5.92 Å². The van der Waals surface area contributed by atoms with Crippen molar-refractivity contribution in [1.29, 1.82) is 0 Å². The summed E-state index contributed by atoms with van der Waals surface area (Å²) in [5, 5.41) is 3.14. The standard InChI is InChI=1S/C15H25N5O/c1-2-5-12(10-16)14(21)19-13-6-3-9-20(11-13)15-17-7-4-8-18-15/h4,7-8,12-13H,2-3,5-6,9-11,16H2,1H3,(H,19,21). The number of carbonyl (C=O) groups is 1. The van der Waals surface area contributed by atoms with Gasteiger partial charge in [-0.05, 0) is 25.3 Å². The molecule has 6 heteroatoms. The number of aromatic nitrogens is 2. The number of anilines is 1. The Morgan fingerprint density at radius 3 is 2.95 bits per heavy atom. The van der Waals surface area contributed by atoms with E-state index in [1.807, 2.05) is 6.07 Å². The topological polar surface area (TPSA) is 84.1 Å². The number of nitrogens with zero attached hydrogens (tertiary/aromatic N) is 3. The zero-order valence-electron chi connectivity index (χ0n) is 12.7. The Labute approximate surface area is 126 Å². The fourth-order valence-corrected chi connectivity index (χ4v) is 2.75. The van der Waals surface area contributed by atoms with Crippen LogP contribution in [-0.2, 0) is 4.79 Å². The van der Waals surface area contributed by atoms with Crippen LogP contribution in [0.1, 0.15) is 32.6 Å². The molecule has 2 heterocycles. The van der Waals surface area contributed by atoms with Gasteiger partial charge < -0.3 is 16.0 Å². The Morgan fingerprint density at radius 2 is 2.29 bits per heavy atom. The molecule has 1 fully saturated rings. The Kier molecular flexibility index (Phi) is 5.92. The van der Waals surface area contributed by atoms with Crippen molar-refractivity contribution in [3.05, 3.63) is 18.5 Å². The van der Waals surface area contributed by atoms with E-state index in [1.165, 1.54) is 0 Å². The summed E-state index contributed by atoms with van der Waals surface area (Å²) in [4.78, 5) is 22.9. The van der Waals surface area contributed by atoms with E-state index in [0.717, 1.165) is 44.7 Å². The van der Waals surface area contributed by atoms with Crippen LogP contribution in [0.25, 0.3) is 0 Å². The highest BCUT2D eigenvalue weighted by molar-refractivity contribution is 5.79. The molecule has 0 radical (unpaired) electrons. The molecular formula is C15H25N5O. The summed E-state index contributed by atoms with van der Waals surface area (Å²) in [6, 6.07) is 1.96. The molecule has 2 rings (SSSR count). The average molecular weight is 291 g/mol. The van der Waals surface area contributed by atoms with Gasteiger partial charge >= 0.3 is 0 Å². The minimum absolute atomic E-state index is 0.0710. The molecule has 21 heavy (non-hydrogen) atoms. The van der Waals surface area contributed by atoms with Crippen LogP contribution in [0.4, 0.5) is 5.95 Å². The van der Waals surface area contributed by atoms with E-state index in [0.29, 0.717) is 6.54 Å². The summed E-state index contributed by atoms with van der Waals surface area (Å²) in [5.74, 6) is 0.749. The van der Waals surface area contributed by atoms with E-state index in [4.69, 9.17) is 5.73 Å². The molecule has 6 nitrogen and oxygen atoms in total. The highest BCUT2D eigenvalue weighted by atomic mass is 16.2. The minimum Gasteiger partial charge on any atom is -0.351 e. The van der Waals surface area contributed by atoms with Crippen LogP contribution < -0.4 is 16.0 Å². The number of carbonyl (C=O) groups excluding carboxylic acids is 1. The molecule has 0 aliphatic carbocycles. The quantitative estimate of drug-likeness (QED) is 0.815. The minimum atomic E-state index is -0.0710. The number of nitrogens with one attached hydrogen (secondary N) is 1. The summed E-state index contributed by atoms with van der Waals surface area (Å²) in [5.41, 5.74) is 5.69. The van der Waals surface area contributed by atoms with Crippen LogP contribution >= 0.6 is 0 Å². The van der Waals surface area contributed by atoms with E-state index in [1.54, 1.807) is 12.4 Å². The molecule has 1 aliphatic heterocycles. The van der Waals surface area contributed by atoms with E-state index in [2.05, 4.69) is 27.1 Å². The zero-order chi connectivity index (χ0) is 15.1. The first-order chi connectivity index (χ1) is 10.2. The van der Waals surface area contributed by atoms with Gasteiger partial charge in [0, 0.05) is 38.1 Å². The SMILES string of the molecule is CCCC(CN)C(=O)NC1CCCN(c2ncccn2)C1. The van der Waals surface area contributed by atoms with Gasteiger partial charge in [0.2, 0.25) is 11.9 Å². The van der Waals surface area contributed by atoms with Gasteiger partial charge in [-0.2, -0.15) is 0 Å². The molecule has 2 unspecified atom stereocenters. The first-order valence-electron chi connectivity index (χ1n) is 7.77. The molecule has 1 saturated heterocycles. The molecular weight excluding hydrogens is 266 g/mol. The van der Waals surface area contributed by atoms with Gasteiger partial charge in [0.25, 0.3) is 0 Å². The predicted molar refractivity (Wildman–Crippen MR) is 82.9 cm³/mol. The van der Waals surface area contributed by atoms with E-state index >= 15 is 0 Å². The maximum absolute atomic E-state index is 12.2. The summed E-state index contributed by atoms with van der Waals surface area (Å²) in [6.45, 7) is 4.19. The number of rotatable bonds is 6. The third-order valence-electron chi connectivity index (χ3n) is 3.90. The molecule has 0 aromatic carbocycles. The summed E-state index contributed by atoms with van der Waals surface area (Å²) in [7, 11) is 0. The Morgan fingerprint density at radius 1 is 1.52 bits per heavy atom. The monoisotopic (exact) mass is 291 g/mol. The summed E-state index contributed by atoms with van der Waals surface area (Å²) >= 11 is 0. The summed E-state index contributed by atoms with van der Waals surface area (Å²) in [6.07, 6.45) is 7.35. The predicted octanol–water partition coefficient (Wildman–Crippen LogP) is 0.937. The number of piperidine rings is 1. The molecule has 2 atom stereocenters. The number of hydrogen-bond donors (Lipinski definition) is 2. The normalized spacial score (nSPS) is 20.1. The lowest BCUT2D eigenvalue weighted by Gasteiger charge is -2.33. The van der Waals surface area contributed by atoms with Crippen LogP contribution in [0.15, 0.2) is 18.5 Å². The third-order valence-corrected chi connectivity index (χ3v) is 3.90. The molecule has 0 spiro atoms. The van der Waals surface area contributed by atoms with Crippen molar-refractivity contribution in [2.45, 2.75) is 38.6 Å². The van der Waals surface area contributed by atoms with Crippen LogP contribution in [-0.4, -0.2) is 41.6 Å². The first-order valence-corrected chi connectivity index (χ1v) is 7.77. The van der Waals surface area contributed by atoms with Gasteiger partial charge in [-0.1, -0.05) is 13.3 Å². The molecule has 1 aromatic heterocycles. The van der Waals surface area contributed by atoms with Crippen molar-refractivity contribution in [2.75, 3.05) is 24.5 Å². The van der Waals surface area contributed by atoms with Crippen LogP contribution in [0.3, 0.4) is 0 Å². The smallest absolute Gasteiger partial charge is 0.225 e. The highest BCUT2D eigenvalue weighted by Crippen LogP contribution is 2.16. The first kappa shape index (κ1) is 15.7. The van der Waals surface area contributed by atoms with Gasteiger partial charge in [-0.3, -0.25) is 4.79 Å². The third kappa shape index (κ3) is 4.39. The van der Waals surface area contributed by atoms with Crippen LogP contribution in [0.5, 0.6) is 0 Å². The molecule has 0 saturated carbocycles. The second kappa shape index (κ2) is 7.93. The van der Waals surface area contributed by atoms with Crippen molar-refractivity contribution in [1.82, 2.24) is 15.3 Å².